The van der Waals surface area contributed by atoms with Crippen LogP contribution in [0.4, 0.5) is 5.69 Å². The van der Waals surface area contributed by atoms with E-state index in [0.29, 0.717) is 11.3 Å². The van der Waals surface area contributed by atoms with Gasteiger partial charge in [0.15, 0.2) is 0 Å². The second kappa shape index (κ2) is 5.84. The molecular formula is C15H14N6O2. The van der Waals surface area contributed by atoms with Crippen molar-refractivity contribution in [3.8, 4) is 5.69 Å². The molecule has 1 amide bonds. The van der Waals surface area contributed by atoms with Gasteiger partial charge < -0.3 is 9.88 Å². The van der Waals surface area contributed by atoms with Crippen molar-refractivity contribution >= 4 is 11.6 Å². The summed E-state index contributed by atoms with van der Waals surface area (Å²) < 4.78 is 2.95. The minimum Gasteiger partial charge on any atom is -0.322 e. The Morgan fingerprint density at radius 1 is 1.22 bits per heavy atom. The number of carbonyl (C=O) groups excluding carboxylic acids is 1. The lowest BCUT2D eigenvalue weighted by molar-refractivity contribution is 0.102. The molecule has 0 aliphatic carbocycles. The van der Waals surface area contributed by atoms with E-state index in [0.717, 1.165) is 11.3 Å². The lowest BCUT2D eigenvalue weighted by Crippen LogP contribution is -2.20. The topological polar surface area (TPSA) is 94.7 Å². The third-order valence-corrected chi connectivity index (χ3v) is 3.42. The predicted octanol–water partition coefficient (Wildman–Crippen LogP) is 0.922. The van der Waals surface area contributed by atoms with Gasteiger partial charge in [-0.15, -0.1) is 5.10 Å². The number of hydrogen-bond acceptors (Lipinski definition) is 5. The lowest BCUT2D eigenvalue weighted by Gasteiger charge is -2.09. The number of amides is 1. The van der Waals surface area contributed by atoms with Crippen LogP contribution in [0.2, 0.25) is 0 Å². The van der Waals surface area contributed by atoms with Gasteiger partial charge in [0.25, 0.3) is 11.5 Å². The van der Waals surface area contributed by atoms with Crippen LogP contribution in [0.5, 0.6) is 0 Å². The fourth-order valence-electron chi connectivity index (χ4n) is 2.15. The van der Waals surface area contributed by atoms with Gasteiger partial charge in [-0.1, -0.05) is 0 Å². The van der Waals surface area contributed by atoms with Gasteiger partial charge in [0.2, 0.25) is 0 Å². The summed E-state index contributed by atoms with van der Waals surface area (Å²) in [7, 11) is 1.63. The molecule has 0 bridgehead atoms. The monoisotopic (exact) mass is 310 g/mol. The molecule has 23 heavy (non-hydrogen) atoms. The van der Waals surface area contributed by atoms with E-state index < -0.39 is 0 Å². The Morgan fingerprint density at radius 3 is 2.70 bits per heavy atom. The molecule has 0 saturated heterocycles. The Morgan fingerprint density at radius 2 is 2.04 bits per heavy atom. The summed E-state index contributed by atoms with van der Waals surface area (Å²) in [4.78, 5) is 23.8. The van der Waals surface area contributed by atoms with Crippen molar-refractivity contribution in [3.05, 3.63) is 64.3 Å². The zero-order valence-corrected chi connectivity index (χ0v) is 12.6. The maximum absolute atomic E-state index is 12.2. The number of tetrazole rings is 1. The molecule has 0 spiro atoms. The minimum atomic E-state index is -0.336. The highest BCUT2D eigenvalue weighted by Crippen LogP contribution is 2.18. The standard InChI is InChI=1S/C15H14N6O2/c1-10-7-12(3-4-13(10)21-9-16-18-19-21)17-15(23)11-5-6-20(2)14(22)8-11/h3-9H,1-2H3,(H,17,23). The summed E-state index contributed by atoms with van der Waals surface area (Å²) in [6.07, 6.45) is 3.06. The predicted molar refractivity (Wildman–Crippen MR) is 83.5 cm³/mol. The quantitative estimate of drug-likeness (QED) is 0.776. The molecule has 1 N–H and O–H groups in total. The van der Waals surface area contributed by atoms with E-state index in [-0.39, 0.29) is 11.5 Å². The lowest BCUT2D eigenvalue weighted by atomic mass is 10.1. The summed E-state index contributed by atoms with van der Waals surface area (Å²) in [6.45, 7) is 1.89. The Hall–Kier alpha value is -3.29. The van der Waals surface area contributed by atoms with E-state index >= 15 is 0 Å². The van der Waals surface area contributed by atoms with Crippen LogP contribution in [0.15, 0.2) is 47.7 Å². The summed E-state index contributed by atoms with van der Waals surface area (Å²) >= 11 is 0. The van der Waals surface area contributed by atoms with Crippen molar-refractivity contribution in [3.63, 3.8) is 0 Å². The molecular weight excluding hydrogens is 296 g/mol. The SMILES string of the molecule is Cc1cc(NC(=O)c2ccn(C)c(=O)c2)ccc1-n1cnnn1. The first-order valence-electron chi connectivity index (χ1n) is 6.86. The number of nitrogens with one attached hydrogen (secondary N) is 1. The van der Waals surface area contributed by atoms with Crippen LogP contribution in [0.1, 0.15) is 15.9 Å². The number of rotatable bonds is 3. The van der Waals surface area contributed by atoms with Crippen LogP contribution in [0.25, 0.3) is 5.69 Å². The Balaban J connectivity index is 1.83. The molecule has 8 heteroatoms. The van der Waals surface area contributed by atoms with E-state index in [1.54, 1.807) is 30.1 Å². The van der Waals surface area contributed by atoms with Gasteiger partial charge in [0, 0.05) is 30.6 Å². The van der Waals surface area contributed by atoms with Gasteiger partial charge in [0.1, 0.15) is 6.33 Å². The van der Waals surface area contributed by atoms with Crippen LogP contribution < -0.4 is 10.9 Å². The van der Waals surface area contributed by atoms with E-state index in [1.165, 1.54) is 17.0 Å². The molecule has 1 aromatic carbocycles. The molecule has 2 aromatic heterocycles. The molecule has 0 saturated carbocycles. The van der Waals surface area contributed by atoms with E-state index in [4.69, 9.17) is 0 Å². The number of hydrogen-bond donors (Lipinski definition) is 1. The van der Waals surface area contributed by atoms with Gasteiger partial charge in [-0.2, -0.15) is 0 Å². The number of nitrogens with zero attached hydrogens (tertiary/aromatic N) is 5. The number of carbonyl (C=O) groups is 1. The largest absolute Gasteiger partial charge is 0.322 e. The van der Waals surface area contributed by atoms with Crippen molar-refractivity contribution in [2.75, 3.05) is 5.32 Å². The molecule has 0 unspecified atom stereocenters. The molecule has 0 aliphatic heterocycles. The van der Waals surface area contributed by atoms with Crippen molar-refractivity contribution in [1.82, 2.24) is 24.8 Å². The van der Waals surface area contributed by atoms with E-state index in [1.807, 2.05) is 19.1 Å². The number of anilines is 1. The summed E-state index contributed by atoms with van der Waals surface area (Å²) in [5.74, 6) is -0.336. The normalized spacial score (nSPS) is 10.5. The zero-order chi connectivity index (χ0) is 16.4. The highest BCUT2D eigenvalue weighted by Gasteiger charge is 2.09. The van der Waals surface area contributed by atoms with Crippen LogP contribution in [-0.4, -0.2) is 30.7 Å². The Bertz CT molecular complexity index is 914. The van der Waals surface area contributed by atoms with Crippen molar-refractivity contribution in [1.29, 1.82) is 0 Å². The van der Waals surface area contributed by atoms with Gasteiger partial charge in [-0.3, -0.25) is 9.59 Å². The molecule has 3 rings (SSSR count). The number of aromatic nitrogens is 5. The van der Waals surface area contributed by atoms with Gasteiger partial charge in [-0.05, 0) is 47.2 Å². The van der Waals surface area contributed by atoms with Gasteiger partial charge in [0.05, 0.1) is 5.69 Å². The highest BCUT2D eigenvalue weighted by atomic mass is 16.2. The fraction of sp³-hybridized carbons (Fsp3) is 0.133. The number of aryl methyl sites for hydroxylation is 2. The molecule has 0 atom stereocenters. The molecule has 8 nitrogen and oxygen atoms in total. The molecule has 3 aromatic rings. The first kappa shape index (κ1) is 14.6. The van der Waals surface area contributed by atoms with Crippen molar-refractivity contribution in [2.45, 2.75) is 6.92 Å². The Labute approximate surface area is 131 Å². The van der Waals surface area contributed by atoms with Crippen LogP contribution >= 0.6 is 0 Å². The molecule has 2 heterocycles. The number of pyridine rings is 1. The first-order chi connectivity index (χ1) is 11.0. The Kier molecular flexibility index (Phi) is 3.71. The third kappa shape index (κ3) is 3.00. The number of benzene rings is 1. The first-order valence-corrected chi connectivity index (χ1v) is 6.86. The summed E-state index contributed by atoms with van der Waals surface area (Å²) in [5, 5.41) is 13.8. The second-order valence-electron chi connectivity index (χ2n) is 5.07. The fourth-order valence-corrected chi connectivity index (χ4v) is 2.15. The van der Waals surface area contributed by atoms with E-state index in [9.17, 15) is 9.59 Å². The average Bonchev–Trinajstić information content (AvgIpc) is 3.04. The van der Waals surface area contributed by atoms with E-state index in [2.05, 4.69) is 20.8 Å². The van der Waals surface area contributed by atoms with Crippen molar-refractivity contribution < 1.29 is 4.79 Å². The van der Waals surface area contributed by atoms with Crippen LogP contribution in [0.3, 0.4) is 0 Å². The molecule has 0 fully saturated rings. The van der Waals surface area contributed by atoms with Crippen LogP contribution in [-0.2, 0) is 7.05 Å². The second-order valence-corrected chi connectivity index (χ2v) is 5.07. The summed E-state index contributed by atoms with van der Waals surface area (Å²) in [6, 6.07) is 8.28. The molecule has 0 radical (unpaired) electrons. The van der Waals surface area contributed by atoms with Gasteiger partial charge >= 0.3 is 0 Å². The zero-order valence-electron chi connectivity index (χ0n) is 12.6. The molecule has 116 valence electrons. The summed E-state index contributed by atoms with van der Waals surface area (Å²) in [5.41, 5.74) is 2.43. The minimum absolute atomic E-state index is 0.233. The van der Waals surface area contributed by atoms with Gasteiger partial charge in [-0.25, -0.2) is 4.68 Å². The third-order valence-electron chi connectivity index (χ3n) is 3.42. The highest BCUT2D eigenvalue weighted by molar-refractivity contribution is 6.04. The maximum atomic E-state index is 12.2. The van der Waals surface area contributed by atoms with Crippen LogP contribution in [0, 0.1) is 6.92 Å². The average molecular weight is 310 g/mol. The molecule has 0 aliphatic rings. The maximum Gasteiger partial charge on any atom is 0.255 e. The van der Waals surface area contributed by atoms with Crippen molar-refractivity contribution in [2.24, 2.45) is 7.05 Å². The smallest absolute Gasteiger partial charge is 0.255 e.